The molecule has 1 saturated carbocycles. The summed E-state index contributed by atoms with van der Waals surface area (Å²) in [7, 11) is 1.55. The zero-order chi connectivity index (χ0) is 19.7. The third-order valence-corrected chi connectivity index (χ3v) is 6.63. The Morgan fingerprint density at radius 3 is 2.43 bits per heavy atom. The van der Waals surface area contributed by atoms with Gasteiger partial charge in [0.1, 0.15) is 10.8 Å². The summed E-state index contributed by atoms with van der Waals surface area (Å²) in [4.78, 5) is 16.1. The first kappa shape index (κ1) is 19.4. The minimum Gasteiger partial charge on any atom is -0.481 e. The topological polar surface area (TPSA) is 71.4 Å². The second kappa shape index (κ2) is 7.84. The molecule has 1 spiro atoms. The summed E-state index contributed by atoms with van der Waals surface area (Å²) in [6, 6.07) is 3.58. The van der Waals surface area contributed by atoms with Crippen LogP contribution in [0.1, 0.15) is 49.9 Å². The van der Waals surface area contributed by atoms with Crippen molar-refractivity contribution in [1.82, 2.24) is 15.0 Å². The Hall–Kier alpha value is -1.92. The molecule has 1 saturated heterocycles. The van der Waals surface area contributed by atoms with Crippen LogP contribution in [0.3, 0.4) is 0 Å². The predicted molar refractivity (Wildman–Crippen MR) is 110 cm³/mol. The van der Waals surface area contributed by atoms with Crippen LogP contribution in [-0.2, 0) is 6.61 Å². The molecular weight excluding hydrogens is 376 g/mol. The van der Waals surface area contributed by atoms with E-state index >= 15 is 0 Å². The van der Waals surface area contributed by atoms with Gasteiger partial charge in [-0.05, 0) is 44.1 Å². The summed E-state index contributed by atoms with van der Waals surface area (Å²) in [5.41, 5.74) is 3.26. The smallest absolute Gasteiger partial charge is 0.214 e. The molecular formula is C21H27ClN4O2. The maximum atomic E-state index is 9.97. The Kier molecular flexibility index (Phi) is 5.43. The Labute approximate surface area is 170 Å². The Morgan fingerprint density at radius 2 is 1.82 bits per heavy atom. The number of anilines is 1. The quantitative estimate of drug-likeness (QED) is 0.774. The summed E-state index contributed by atoms with van der Waals surface area (Å²) < 4.78 is 5.12. The number of aromatic nitrogens is 3. The van der Waals surface area contributed by atoms with Crippen molar-refractivity contribution in [3.8, 4) is 17.1 Å². The number of ether oxygens (including phenoxy) is 1. The first-order valence-corrected chi connectivity index (χ1v) is 10.4. The molecule has 2 aliphatic rings. The molecule has 1 N–H and O–H groups in total. The van der Waals surface area contributed by atoms with Crippen LogP contribution in [0.25, 0.3) is 11.3 Å². The van der Waals surface area contributed by atoms with Crippen molar-refractivity contribution in [2.45, 2.75) is 52.1 Å². The molecule has 2 fully saturated rings. The largest absolute Gasteiger partial charge is 0.481 e. The van der Waals surface area contributed by atoms with E-state index in [2.05, 4.69) is 9.88 Å². The van der Waals surface area contributed by atoms with E-state index < -0.39 is 0 Å². The average molecular weight is 403 g/mol. The Morgan fingerprint density at radius 1 is 1.11 bits per heavy atom. The van der Waals surface area contributed by atoms with Gasteiger partial charge in [-0.1, -0.05) is 24.4 Å². The lowest BCUT2D eigenvalue weighted by Gasteiger charge is -2.40. The van der Waals surface area contributed by atoms with E-state index in [0.717, 1.165) is 24.6 Å². The highest BCUT2D eigenvalue weighted by Gasteiger charge is 2.37. The number of pyridine rings is 1. The molecule has 1 aliphatic heterocycles. The molecule has 0 unspecified atom stereocenters. The van der Waals surface area contributed by atoms with Crippen molar-refractivity contribution in [3.63, 3.8) is 0 Å². The van der Waals surface area contributed by atoms with Crippen LogP contribution in [0.2, 0.25) is 5.15 Å². The second-order valence-corrected chi connectivity index (χ2v) is 8.33. The maximum absolute atomic E-state index is 9.97. The molecule has 4 rings (SSSR count). The van der Waals surface area contributed by atoms with Crippen LogP contribution < -0.4 is 9.64 Å². The van der Waals surface area contributed by atoms with Crippen LogP contribution in [-0.4, -0.2) is 40.3 Å². The van der Waals surface area contributed by atoms with E-state index in [1.807, 2.05) is 13.0 Å². The van der Waals surface area contributed by atoms with Crippen molar-refractivity contribution in [2.75, 3.05) is 25.1 Å². The van der Waals surface area contributed by atoms with Crippen LogP contribution in [0.4, 0.5) is 5.82 Å². The molecule has 0 aromatic carbocycles. The number of piperidine rings is 1. The third kappa shape index (κ3) is 3.55. The Balaban J connectivity index is 1.63. The number of halogens is 1. The maximum Gasteiger partial charge on any atom is 0.214 e. The number of nitrogens with zero attached hydrogens (tertiary/aromatic N) is 4. The van der Waals surface area contributed by atoms with Gasteiger partial charge in [0.15, 0.2) is 5.82 Å². The third-order valence-electron chi connectivity index (χ3n) is 6.35. The van der Waals surface area contributed by atoms with E-state index in [-0.39, 0.29) is 6.61 Å². The summed E-state index contributed by atoms with van der Waals surface area (Å²) >= 11 is 6.34. The monoisotopic (exact) mass is 402 g/mol. The molecule has 7 heteroatoms. The van der Waals surface area contributed by atoms with Crippen molar-refractivity contribution in [3.05, 3.63) is 28.7 Å². The molecule has 1 aliphatic carbocycles. The van der Waals surface area contributed by atoms with Gasteiger partial charge in [0, 0.05) is 24.7 Å². The van der Waals surface area contributed by atoms with Gasteiger partial charge in [-0.3, -0.25) is 0 Å². The van der Waals surface area contributed by atoms with Crippen molar-refractivity contribution in [2.24, 2.45) is 5.41 Å². The lowest BCUT2D eigenvalue weighted by Crippen LogP contribution is -2.40. The summed E-state index contributed by atoms with van der Waals surface area (Å²) in [5.74, 6) is 1.25. The molecule has 0 radical (unpaired) electrons. The summed E-state index contributed by atoms with van der Waals surface area (Å²) in [6.45, 7) is 3.73. The fourth-order valence-corrected chi connectivity index (χ4v) is 4.92. The van der Waals surface area contributed by atoms with E-state index in [9.17, 15) is 5.11 Å². The molecule has 2 aromatic rings. The van der Waals surface area contributed by atoms with E-state index in [0.29, 0.717) is 33.4 Å². The lowest BCUT2D eigenvalue weighted by molar-refractivity contribution is 0.225. The van der Waals surface area contributed by atoms with Crippen LogP contribution in [0.15, 0.2) is 12.1 Å². The van der Waals surface area contributed by atoms with Crippen molar-refractivity contribution in [1.29, 1.82) is 0 Å². The lowest BCUT2D eigenvalue weighted by atomic mass is 9.77. The number of aliphatic hydroxyl groups is 1. The SMILES string of the molecule is COc1ccc(-c2nc(CO)c(N3CCC4(CCCC4)CC3)nc2C)c(Cl)n1. The second-order valence-electron chi connectivity index (χ2n) is 7.97. The van der Waals surface area contributed by atoms with E-state index in [1.54, 1.807) is 13.2 Å². The molecule has 0 bridgehead atoms. The van der Waals surface area contributed by atoms with Gasteiger partial charge in [0.2, 0.25) is 5.88 Å². The van der Waals surface area contributed by atoms with Gasteiger partial charge in [-0.25, -0.2) is 15.0 Å². The minimum absolute atomic E-state index is 0.154. The molecule has 28 heavy (non-hydrogen) atoms. The molecule has 0 atom stereocenters. The van der Waals surface area contributed by atoms with E-state index in [4.69, 9.17) is 26.3 Å². The van der Waals surface area contributed by atoms with Gasteiger partial charge in [-0.2, -0.15) is 0 Å². The molecule has 2 aromatic heterocycles. The summed E-state index contributed by atoms with van der Waals surface area (Å²) in [5, 5.41) is 10.3. The highest BCUT2D eigenvalue weighted by Crippen LogP contribution is 2.46. The normalized spacial score (nSPS) is 18.6. The first-order valence-electron chi connectivity index (χ1n) is 9.99. The minimum atomic E-state index is -0.154. The molecule has 6 nitrogen and oxygen atoms in total. The van der Waals surface area contributed by atoms with Crippen molar-refractivity contribution < 1.29 is 9.84 Å². The number of hydrogen-bond acceptors (Lipinski definition) is 6. The fourth-order valence-electron chi connectivity index (χ4n) is 4.68. The Bertz CT molecular complexity index is 858. The highest BCUT2D eigenvalue weighted by molar-refractivity contribution is 6.32. The van der Waals surface area contributed by atoms with Gasteiger partial charge in [-0.15, -0.1) is 0 Å². The molecule has 150 valence electrons. The van der Waals surface area contributed by atoms with Gasteiger partial charge >= 0.3 is 0 Å². The average Bonchev–Trinajstić information content (AvgIpc) is 3.16. The number of rotatable bonds is 4. The number of aryl methyl sites for hydroxylation is 1. The van der Waals surface area contributed by atoms with Crippen LogP contribution in [0.5, 0.6) is 5.88 Å². The van der Waals surface area contributed by atoms with Gasteiger partial charge in [0.25, 0.3) is 0 Å². The molecule has 0 amide bonds. The first-order chi connectivity index (χ1) is 13.5. The number of hydrogen-bond donors (Lipinski definition) is 1. The van der Waals surface area contributed by atoms with Crippen molar-refractivity contribution >= 4 is 17.4 Å². The zero-order valence-electron chi connectivity index (χ0n) is 16.5. The number of aliphatic hydroxyl groups excluding tert-OH is 1. The van der Waals surface area contributed by atoms with Crippen LogP contribution in [0, 0.1) is 12.3 Å². The fraction of sp³-hybridized carbons (Fsp3) is 0.571. The zero-order valence-corrected chi connectivity index (χ0v) is 17.3. The molecule has 3 heterocycles. The van der Waals surface area contributed by atoms with Crippen LogP contribution >= 0.6 is 11.6 Å². The van der Waals surface area contributed by atoms with Gasteiger partial charge < -0.3 is 14.7 Å². The highest BCUT2D eigenvalue weighted by atomic mass is 35.5. The predicted octanol–water partition coefficient (Wildman–Crippen LogP) is 4.16. The number of methoxy groups -OCH3 is 1. The standard InChI is InChI=1S/C21H27ClN4O2/c1-14-18(15-5-6-17(28-2)25-19(15)22)24-16(13-27)20(23-14)26-11-9-21(10-12-26)7-3-4-8-21/h5-6,27H,3-4,7-13H2,1-2H3. The van der Waals surface area contributed by atoms with Gasteiger partial charge in [0.05, 0.1) is 25.1 Å². The summed E-state index contributed by atoms with van der Waals surface area (Å²) in [6.07, 6.45) is 7.86. The van der Waals surface area contributed by atoms with E-state index in [1.165, 1.54) is 38.5 Å².